The van der Waals surface area contributed by atoms with E-state index in [0.717, 1.165) is 16.6 Å². The van der Waals surface area contributed by atoms with Crippen molar-refractivity contribution in [2.24, 2.45) is 0 Å². The van der Waals surface area contributed by atoms with Crippen molar-refractivity contribution in [2.75, 3.05) is 13.1 Å². The van der Waals surface area contributed by atoms with Crippen molar-refractivity contribution >= 4 is 39.7 Å². The molecule has 0 bridgehead atoms. The Morgan fingerprint density at radius 2 is 1.96 bits per heavy atom. The molecule has 126 valence electrons. The van der Waals surface area contributed by atoms with Crippen LogP contribution >= 0.6 is 23.7 Å². The smallest absolute Gasteiger partial charge is 0.261 e. The second-order valence-electron chi connectivity index (χ2n) is 5.84. The minimum absolute atomic E-state index is 0. The third-order valence-electron chi connectivity index (χ3n) is 4.15. The van der Waals surface area contributed by atoms with E-state index in [1.165, 1.54) is 55.6 Å². The Labute approximate surface area is 146 Å². The van der Waals surface area contributed by atoms with E-state index in [9.17, 15) is 9.18 Å². The van der Waals surface area contributed by atoms with Crippen LogP contribution in [0.5, 0.6) is 0 Å². The molecule has 3 rings (SSSR count). The number of hydrogen-bond donors (Lipinski definition) is 2. The molecule has 6 heteroatoms. The van der Waals surface area contributed by atoms with Crippen LogP contribution in [0.3, 0.4) is 0 Å². The molecule has 0 saturated heterocycles. The Hall–Kier alpha value is -1.17. The number of carbonyl (C=O) groups is 1. The van der Waals surface area contributed by atoms with E-state index in [4.69, 9.17) is 0 Å². The van der Waals surface area contributed by atoms with Gasteiger partial charge in [0.25, 0.3) is 5.91 Å². The molecule has 23 heavy (non-hydrogen) atoms. The fraction of sp³-hybridized carbons (Fsp3) is 0.471. The number of hydrogen-bond acceptors (Lipinski definition) is 3. The van der Waals surface area contributed by atoms with E-state index in [2.05, 4.69) is 10.6 Å². The highest BCUT2D eigenvalue weighted by molar-refractivity contribution is 7.20. The van der Waals surface area contributed by atoms with Gasteiger partial charge >= 0.3 is 0 Å². The Morgan fingerprint density at radius 1 is 1.17 bits per heavy atom. The molecule has 1 aliphatic carbocycles. The number of rotatable bonds is 5. The summed E-state index contributed by atoms with van der Waals surface area (Å²) in [6, 6.07) is 6.98. The number of halogens is 2. The minimum atomic E-state index is -0.269. The van der Waals surface area contributed by atoms with Gasteiger partial charge in [0.1, 0.15) is 5.82 Å². The molecular weight excluding hydrogens is 335 g/mol. The maximum Gasteiger partial charge on any atom is 0.261 e. The first kappa shape index (κ1) is 18.2. The van der Waals surface area contributed by atoms with Crippen molar-refractivity contribution in [3.05, 3.63) is 35.0 Å². The average molecular weight is 357 g/mol. The number of carbonyl (C=O) groups excluding carboxylic acids is 1. The molecule has 1 saturated carbocycles. The van der Waals surface area contributed by atoms with Gasteiger partial charge in [-0.3, -0.25) is 4.79 Å². The largest absolute Gasteiger partial charge is 0.350 e. The standard InChI is InChI=1S/C17H21FN2OS.ClH/c18-13-6-7-15-12(10-13)11-16(22-15)17(21)20-9-8-19-14-4-2-1-3-5-14;/h6-7,10-11,14,19H,1-5,8-9H2,(H,20,21);1H. The third kappa shape index (κ3) is 4.90. The normalized spacial score (nSPS) is 15.3. The lowest BCUT2D eigenvalue weighted by atomic mass is 9.95. The molecule has 0 atom stereocenters. The molecule has 1 heterocycles. The van der Waals surface area contributed by atoms with Gasteiger partial charge in [0.05, 0.1) is 4.88 Å². The molecule has 1 aliphatic rings. The fourth-order valence-corrected chi connectivity index (χ4v) is 3.93. The number of amides is 1. The van der Waals surface area contributed by atoms with E-state index in [0.29, 0.717) is 17.5 Å². The quantitative estimate of drug-likeness (QED) is 0.791. The van der Waals surface area contributed by atoms with Gasteiger partial charge in [-0.25, -0.2) is 4.39 Å². The number of benzene rings is 1. The van der Waals surface area contributed by atoms with Gasteiger partial charge in [-0.15, -0.1) is 23.7 Å². The lowest BCUT2D eigenvalue weighted by molar-refractivity contribution is 0.0957. The van der Waals surface area contributed by atoms with E-state index in [1.807, 2.05) is 0 Å². The predicted molar refractivity (Wildman–Crippen MR) is 96.2 cm³/mol. The second kappa shape index (κ2) is 8.62. The van der Waals surface area contributed by atoms with Crippen LogP contribution in [0.2, 0.25) is 0 Å². The molecule has 2 N–H and O–H groups in total. The molecule has 3 nitrogen and oxygen atoms in total. The minimum Gasteiger partial charge on any atom is -0.350 e. The van der Waals surface area contributed by atoms with Gasteiger partial charge in [0, 0.05) is 23.8 Å². The maximum absolute atomic E-state index is 13.2. The fourth-order valence-electron chi connectivity index (χ4n) is 2.97. The first-order valence-electron chi connectivity index (χ1n) is 7.93. The number of thiophene rings is 1. The van der Waals surface area contributed by atoms with Crippen LogP contribution in [-0.2, 0) is 0 Å². The lowest BCUT2D eigenvalue weighted by Gasteiger charge is -2.22. The van der Waals surface area contributed by atoms with Crippen LogP contribution in [0.4, 0.5) is 4.39 Å². The molecule has 1 amide bonds. The molecule has 0 spiro atoms. The van der Waals surface area contributed by atoms with Crippen molar-refractivity contribution in [1.82, 2.24) is 10.6 Å². The number of fused-ring (bicyclic) bond motifs is 1. The first-order chi connectivity index (χ1) is 10.7. The van der Waals surface area contributed by atoms with Crippen molar-refractivity contribution < 1.29 is 9.18 Å². The van der Waals surface area contributed by atoms with Gasteiger partial charge in [0.2, 0.25) is 0 Å². The van der Waals surface area contributed by atoms with Gasteiger partial charge in [-0.1, -0.05) is 19.3 Å². The van der Waals surface area contributed by atoms with E-state index in [1.54, 1.807) is 12.1 Å². The van der Waals surface area contributed by atoms with Crippen LogP contribution in [-0.4, -0.2) is 25.0 Å². The van der Waals surface area contributed by atoms with Crippen molar-refractivity contribution in [2.45, 2.75) is 38.1 Å². The van der Waals surface area contributed by atoms with Crippen LogP contribution in [0, 0.1) is 5.82 Å². The van der Waals surface area contributed by atoms with Crippen molar-refractivity contribution in [1.29, 1.82) is 0 Å². The second-order valence-corrected chi connectivity index (χ2v) is 6.92. The molecular formula is C17H22ClFN2OS. The highest BCUT2D eigenvalue weighted by Gasteiger charge is 2.13. The highest BCUT2D eigenvalue weighted by atomic mass is 35.5. The van der Waals surface area contributed by atoms with E-state index < -0.39 is 0 Å². The van der Waals surface area contributed by atoms with Crippen LogP contribution in [0.25, 0.3) is 10.1 Å². The monoisotopic (exact) mass is 356 g/mol. The predicted octanol–water partition coefficient (Wildman–Crippen LogP) is 4.11. The molecule has 1 fully saturated rings. The van der Waals surface area contributed by atoms with Crippen LogP contribution in [0.15, 0.2) is 24.3 Å². The summed E-state index contributed by atoms with van der Waals surface area (Å²) in [5.74, 6) is -0.346. The summed E-state index contributed by atoms with van der Waals surface area (Å²) in [7, 11) is 0. The van der Waals surface area contributed by atoms with E-state index >= 15 is 0 Å². The average Bonchev–Trinajstić information content (AvgIpc) is 2.95. The van der Waals surface area contributed by atoms with Gasteiger partial charge < -0.3 is 10.6 Å². The first-order valence-corrected chi connectivity index (χ1v) is 8.75. The van der Waals surface area contributed by atoms with Gasteiger partial charge in [-0.2, -0.15) is 0 Å². The summed E-state index contributed by atoms with van der Waals surface area (Å²) < 4.78 is 14.1. The zero-order valence-corrected chi connectivity index (χ0v) is 14.6. The summed E-state index contributed by atoms with van der Waals surface area (Å²) in [5.41, 5.74) is 0. The SMILES string of the molecule is Cl.O=C(NCCNC1CCCCC1)c1cc2cc(F)ccc2s1. The summed E-state index contributed by atoms with van der Waals surface area (Å²) in [6.07, 6.45) is 6.46. The third-order valence-corrected chi connectivity index (χ3v) is 5.27. The Kier molecular flexibility index (Phi) is 6.81. The van der Waals surface area contributed by atoms with Crippen LogP contribution < -0.4 is 10.6 Å². The molecule has 1 aromatic carbocycles. The summed E-state index contributed by atoms with van der Waals surface area (Å²) in [6.45, 7) is 1.42. The van der Waals surface area contributed by atoms with E-state index in [-0.39, 0.29) is 24.1 Å². The molecule has 1 aromatic heterocycles. The Balaban J connectivity index is 0.00000192. The topological polar surface area (TPSA) is 41.1 Å². The summed E-state index contributed by atoms with van der Waals surface area (Å²) >= 11 is 1.40. The lowest BCUT2D eigenvalue weighted by Crippen LogP contribution is -2.37. The van der Waals surface area contributed by atoms with Crippen LogP contribution in [0.1, 0.15) is 41.8 Å². The summed E-state index contributed by atoms with van der Waals surface area (Å²) in [4.78, 5) is 12.8. The number of nitrogens with one attached hydrogen (secondary N) is 2. The zero-order valence-electron chi connectivity index (χ0n) is 12.9. The van der Waals surface area contributed by atoms with Gasteiger partial charge in [0.15, 0.2) is 0 Å². The molecule has 0 unspecified atom stereocenters. The molecule has 0 aliphatic heterocycles. The van der Waals surface area contributed by atoms with Crippen molar-refractivity contribution in [3.63, 3.8) is 0 Å². The Bertz CT molecular complexity index is 655. The molecule has 2 aromatic rings. The zero-order chi connectivity index (χ0) is 15.4. The van der Waals surface area contributed by atoms with Gasteiger partial charge in [-0.05, 0) is 42.5 Å². The summed E-state index contributed by atoms with van der Waals surface area (Å²) in [5, 5.41) is 7.22. The Morgan fingerprint density at radius 3 is 2.74 bits per heavy atom. The highest BCUT2D eigenvalue weighted by Crippen LogP contribution is 2.26. The molecule has 0 radical (unpaired) electrons. The maximum atomic E-state index is 13.2. The van der Waals surface area contributed by atoms with Crippen molar-refractivity contribution in [3.8, 4) is 0 Å².